The lowest BCUT2D eigenvalue weighted by Crippen LogP contribution is -2.49. The van der Waals surface area contributed by atoms with Crippen molar-refractivity contribution in [2.24, 2.45) is 0 Å². The molecule has 2 atom stereocenters. The van der Waals surface area contributed by atoms with E-state index in [1.165, 1.54) is 0 Å². The maximum atomic E-state index is 11.3. The summed E-state index contributed by atoms with van der Waals surface area (Å²) < 4.78 is 31.8. The molecule has 1 aliphatic heterocycles. The largest absolute Gasteiger partial charge is 0.466 e. The van der Waals surface area contributed by atoms with Crippen LogP contribution >= 0.6 is 0 Å². The summed E-state index contributed by atoms with van der Waals surface area (Å²) in [5, 5.41) is 9.20. The van der Waals surface area contributed by atoms with E-state index in [9.17, 15) is 23.1 Å². The van der Waals surface area contributed by atoms with Crippen molar-refractivity contribution >= 4 is 22.2 Å². The van der Waals surface area contributed by atoms with Gasteiger partial charge >= 0.3 is 12.1 Å². The first-order chi connectivity index (χ1) is 9.73. The monoisotopic (exact) mass is 323 g/mol. The molecule has 122 valence electrons. The van der Waals surface area contributed by atoms with E-state index >= 15 is 0 Å². The third-order valence-corrected chi connectivity index (χ3v) is 3.83. The van der Waals surface area contributed by atoms with Crippen LogP contribution in [0.15, 0.2) is 0 Å². The summed E-state index contributed by atoms with van der Waals surface area (Å²) in [5.41, 5.74) is 0. The number of amides is 1. The molecule has 0 spiro atoms. The Balaban J connectivity index is 2.58. The number of nitrogens with zero attached hydrogens (tertiary/aromatic N) is 1. The first-order valence-electron chi connectivity index (χ1n) is 6.76. The number of likely N-dealkylation sites (tertiary alicyclic amines) is 1. The number of hydrogen-bond acceptors (Lipinski definition) is 6. The van der Waals surface area contributed by atoms with Crippen molar-refractivity contribution in [1.82, 2.24) is 4.90 Å². The Morgan fingerprint density at radius 3 is 2.52 bits per heavy atom. The molecule has 8 nitrogen and oxygen atoms in total. The van der Waals surface area contributed by atoms with Crippen LogP contribution in [0.5, 0.6) is 0 Å². The lowest BCUT2D eigenvalue weighted by atomic mass is 9.97. The predicted octanol–water partition coefficient (Wildman–Crippen LogP) is 0.817. The van der Waals surface area contributed by atoms with E-state index < -0.39 is 22.3 Å². The topological polar surface area (TPSA) is 110 Å². The Morgan fingerprint density at radius 1 is 1.33 bits per heavy atom. The third-order valence-electron chi connectivity index (χ3n) is 3.21. The first kappa shape index (κ1) is 17.7. The van der Waals surface area contributed by atoms with E-state index in [0.29, 0.717) is 19.3 Å². The average molecular weight is 323 g/mol. The Hall–Kier alpha value is -1.35. The van der Waals surface area contributed by atoms with Crippen molar-refractivity contribution in [1.29, 1.82) is 0 Å². The van der Waals surface area contributed by atoms with Gasteiger partial charge in [-0.2, -0.15) is 8.42 Å². The van der Waals surface area contributed by atoms with Crippen molar-refractivity contribution < 1.29 is 32.0 Å². The highest BCUT2D eigenvalue weighted by atomic mass is 32.2. The molecule has 0 aromatic rings. The average Bonchev–Trinajstić information content (AvgIpc) is 2.35. The predicted molar refractivity (Wildman–Crippen MR) is 73.3 cm³/mol. The van der Waals surface area contributed by atoms with Gasteiger partial charge in [-0.25, -0.2) is 4.79 Å². The standard InChI is InChI=1S/C12H21NO7S/c1-3-19-11(14)7-5-9-4-6-10(20-21(2,17)18)8-13(9)12(15)16/h9-10H,3-8H2,1-2H3,(H,15,16)/t9-,10+/m1/s1. The van der Waals surface area contributed by atoms with Crippen LogP contribution in [0.1, 0.15) is 32.6 Å². The molecule has 0 aromatic heterocycles. The van der Waals surface area contributed by atoms with Crippen molar-refractivity contribution in [3.8, 4) is 0 Å². The Bertz CT molecular complexity index is 476. The fourth-order valence-electron chi connectivity index (χ4n) is 2.37. The molecule has 1 fully saturated rings. The van der Waals surface area contributed by atoms with E-state index in [1.54, 1.807) is 6.92 Å². The summed E-state index contributed by atoms with van der Waals surface area (Å²) in [5.74, 6) is -0.364. The minimum Gasteiger partial charge on any atom is -0.466 e. The molecule has 0 bridgehead atoms. The molecule has 1 amide bonds. The first-order valence-corrected chi connectivity index (χ1v) is 8.58. The van der Waals surface area contributed by atoms with Gasteiger partial charge in [-0.05, 0) is 26.2 Å². The minimum absolute atomic E-state index is 0.0180. The second kappa shape index (κ2) is 7.60. The van der Waals surface area contributed by atoms with Crippen molar-refractivity contribution in [3.05, 3.63) is 0 Å². The van der Waals surface area contributed by atoms with E-state index in [2.05, 4.69) is 0 Å². The number of carbonyl (C=O) groups excluding carboxylic acids is 1. The molecule has 1 N–H and O–H groups in total. The van der Waals surface area contributed by atoms with E-state index in [-0.39, 0.29) is 31.6 Å². The molecule has 1 aliphatic rings. The second-order valence-electron chi connectivity index (χ2n) is 4.93. The van der Waals surface area contributed by atoms with E-state index in [4.69, 9.17) is 8.92 Å². The SMILES string of the molecule is CCOC(=O)CC[C@H]1CC[C@H](OS(C)(=O)=O)CN1C(=O)O. The summed E-state index contributed by atoms with van der Waals surface area (Å²) in [6.45, 7) is 1.97. The van der Waals surface area contributed by atoms with Gasteiger partial charge in [-0.1, -0.05) is 0 Å². The maximum absolute atomic E-state index is 11.3. The van der Waals surface area contributed by atoms with Gasteiger partial charge in [0.2, 0.25) is 0 Å². The number of piperidine rings is 1. The highest BCUT2D eigenvalue weighted by molar-refractivity contribution is 7.86. The summed E-state index contributed by atoms with van der Waals surface area (Å²) in [6, 6.07) is -0.327. The molecule has 9 heteroatoms. The number of carbonyl (C=O) groups is 2. The van der Waals surface area contributed by atoms with Crippen LogP contribution in [0.3, 0.4) is 0 Å². The number of rotatable bonds is 6. The van der Waals surface area contributed by atoms with Crippen LogP contribution in [0, 0.1) is 0 Å². The molecule has 1 saturated heterocycles. The highest BCUT2D eigenvalue weighted by Crippen LogP contribution is 2.24. The van der Waals surface area contributed by atoms with Gasteiger partial charge in [0.1, 0.15) is 0 Å². The quantitative estimate of drug-likeness (QED) is 0.569. The van der Waals surface area contributed by atoms with Gasteiger partial charge in [0.05, 0.1) is 25.5 Å². The van der Waals surface area contributed by atoms with Crippen LogP contribution in [0.2, 0.25) is 0 Å². The molecular formula is C12H21NO7S. The van der Waals surface area contributed by atoms with Crippen LogP contribution in [-0.4, -0.2) is 62.0 Å². The second-order valence-corrected chi connectivity index (χ2v) is 6.53. The smallest absolute Gasteiger partial charge is 0.407 e. The molecule has 21 heavy (non-hydrogen) atoms. The molecule has 0 aromatic carbocycles. The molecule has 0 saturated carbocycles. The summed E-state index contributed by atoms with van der Waals surface area (Å²) in [7, 11) is -3.62. The van der Waals surface area contributed by atoms with Crippen molar-refractivity contribution in [3.63, 3.8) is 0 Å². The van der Waals surface area contributed by atoms with Gasteiger partial charge in [0.25, 0.3) is 10.1 Å². The number of esters is 1. The number of carboxylic acid groups (broad SMARTS) is 1. The molecule has 1 heterocycles. The molecule has 1 rings (SSSR count). The fraction of sp³-hybridized carbons (Fsp3) is 0.833. The van der Waals surface area contributed by atoms with Crippen molar-refractivity contribution in [2.45, 2.75) is 44.8 Å². The molecule has 0 radical (unpaired) electrons. The van der Waals surface area contributed by atoms with Gasteiger partial charge < -0.3 is 14.7 Å². The lowest BCUT2D eigenvalue weighted by Gasteiger charge is -2.37. The third kappa shape index (κ3) is 6.30. The lowest BCUT2D eigenvalue weighted by molar-refractivity contribution is -0.143. The normalized spacial score (nSPS) is 22.9. The van der Waals surface area contributed by atoms with Gasteiger partial charge in [-0.15, -0.1) is 0 Å². The summed E-state index contributed by atoms with van der Waals surface area (Å²) in [4.78, 5) is 23.7. The number of hydrogen-bond donors (Lipinski definition) is 1. The zero-order valence-electron chi connectivity index (χ0n) is 12.1. The van der Waals surface area contributed by atoms with E-state index in [0.717, 1.165) is 11.2 Å². The molecule has 0 aliphatic carbocycles. The zero-order chi connectivity index (χ0) is 16.0. The number of ether oxygens (including phenoxy) is 1. The molecule has 0 unspecified atom stereocenters. The van der Waals surface area contributed by atoms with Gasteiger partial charge in [-0.3, -0.25) is 8.98 Å². The zero-order valence-corrected chi connectivity index (χ0v) is 13.0. The fourth-order valence-corrected chi connectivity index (χ4v) is 3.02. The molecular weight excluding hydrogens is 302 g/mol. The Kier molecular flexibility index (Phi) is 6.41. The Labute approximate surface area is 124 Å². The minimum atomic E-state index is -3.62. The van der Waals surface area contributed by atoms with Crippen LogP contribution in [0.25, 0.3) is 0 Å². The van der Waals surface area contributed by atoms with Crippen LogP contribution in [0.4, 0.5) is 4.79 Å². The van der Waals surface area contributed by atoms with Crippen molar-refractivity contribution in [2.75, 3.05) is 19.4 Å². The summed E-state index contributed by atoms with van der Waals surface area (Å²) in [6.07, 6.45) is 0.498. The van der Waals surface area contributed by atoms with Gasteiger partial charge in [0, 0.05) is 12.5 Å². The van der Waals surface area contributed by atoms with E-state index in [1.807, 2.05) is 0 Å². The summed E-state index contributed by atoms with van der Waals surface area (Å²) >= 11 is 0. The maximum Gasteiger partial charge on any atom is 0.407 e. The van der Waals surface area contributed by atoms with Crippen LogP contribution < -0.4 is 0 Å². The van der Waals surface area contributed by atoms with Crippen LogP contribution in [-0.2, 0) is 23.8 Å². The van der Waals surface area contributed by atoms with Gasteiger partial charge in [0.15, 0.2) is 0 Å². The Morgan fingerprint density at radius 2 is 2.00 bits per heavy atom. The highest BCUT2D eigenvalue weighted by Gasteiger charge is 2.33.